The molecule has 1 saturated heterocycles. The fourth-order valence-electron chi connectivity index (χ4n) is 5.14. The van der Waals surface area contributed by atoms with Crippen LogP contribution in [0.1, 0.15) is 51.4 Å². The van der Waals surface area contributed by atoms with Crippen LogP contribution in [0.2, 0.25) is 0 Å². The minimum Gasteiger partial charge on any atom is -0.456 e. The summed E-state index contributed by atoms with van der Waals surface area (Å²) < 4.78 is 20.6. The zero-order chi connectivity index (χ0) is 23.0. The molecule has 4 rings (SSSR count). The van der Waals surface area contributed by atoms with Gasteiger partial charge in [-0.15, -0.1) is 0 Å². The topological polar surface area (TPSA) is 65.9 Å². The molecule has 7 heteroatoms. The summed E-state index contributed by atoms with van der Waals surface area (Å²) in [7, 11) is 0. The van der Waals surface area contributed by atoms with Gasteiger partial charge in [-0.2, -0.15) is 0 Å². The summed E-state index contributed by atoms with van der Waals surface area (Å²) in [6.07, 6.45) is 11.5. The first-order valence-corrected chi connectivity index (χ1v) is 12.1. The Bertz CT molecular complexity index is 890. The second-order valence-electron chi connectivity index (χ2n) is 9.31. The molecule has 1 amide bonds. The van der Waals surface area contributed by atoms with E-state index in [2.05, 4.69) is 9.88 Å². The molecule has 178 valence electrons. The molecule has 1 saturated carbocycles. The second-order valence-corrected chi connectivity index (χ2v) is 9.31. The molecule has 1 N–H and O–H groups in total. The standard InChI is InChI=1S/C26H34FN3O3/c27-25-16-23(33-24-6-1-13-28-17-24)11-12-26(25)29-14-2-4-20(18-29)5-3-15-30(19-31)21-7-9-22(32)10-8-21/h1,6,11-13,16-17,19-22,32H,2-5,7-10,14-15,18H2. The number of piperidine rings is 1. The molecule has 6 nitrogen and oxygen atoms in total. The van der Waals surface area contributed by atoms with Gasteiger partial charge in [0.1, 0.15) is 17.3 Å². The minimum atomic E-state index is -0.274. The van der Waals surface area contributed by atoms with Crippen molar-refractivity contribution in [1.82, 2.24) is 9.88 Å². The number of benzene rings is 1. The lowest BCUT2D eigenvalue weighted by molar-refractivity contribution is -0.121. The van der Waals surface area contributed by atoms with Crippen LogP contribution in [0.3, 0.4) is 0 Å². The summed E-state index contributed by atoms with van der Waals surface area (Å²) in [5.74, 6) is 1.26. The van der Waals surface area contributed by atoms with Crippen molar-refractivity contribution >= 4 is 12.1 Å². The number of aliphatic hydroxyl groups excluding tert-OH is 1. The molecule has 1 atom stereocenters. The number of hydrogen-bond acceptors (Lipinski definition) is 5. The first kappa shape index (κ1) is 23.5. The monoisotopic (exact) mass is 455 g/mol. The third-order valence-electron chi connectivity index (χ3n) is 6.95. The number of halogens is 1. The summed E-state index contributed by atoms with van der Waals surface area (Å²) in [5.41, 5.74) is 0.619. The highest BCUT2D eigenvalue weighted by Crippen LogP contribution is 2.31. The lowest BCUT2D eigenvalue weighted by Gasteiger charge is -2.36. The van der Waals surface area contributed by atoms with Crippen LogP contribution in [0, 0.1) is 11.7 Å². The van der Waals surface area contributed by atoms with E-state index in [1.807, 2.05) is 4.90 Å². The van der Waals surface area contributed by atoms with E-state index in [9.17, 15) is 14.3 Å². The van der Waals surface area contributed by atoms with Crippen LogP contribution in [0.25, 0.3) is 0 Å². The molecule has 1 aliphatic heterocycles. The molecule has 0 bridgehead atoms. The largest absolute Gasteiger partial charge is 0.456 e. The number of hydrogen-bond donors (Lipinski definition) is 1. The number of amides is 1. The Hall–Kier alpha value is -2.67. The summed E-state index contributed by atoms with van der Waals surface area (Å²) in [5, 5.41) is 9.70. The zero-order valence-electron chi connectivity index (χ0n) is 19.1. The molecule has 0 spiro atoms. The van der Waals surface area contributed by atoms with Gasteiger partial charge in [0.25, 0.3) is 0 Å². The van der Waals surface area contributed by atoms with Crippen molar-refractivity contribution in [2.24, 2.45) is 5.92 Å². The maximum absolute atomic E-state index is 14.9. The first-order valence-electron chi connectivity index (χ1n) is 12.1. The van der Waals surface area contributed by atoms with Crippen LogP contribution in [-0.2, 0) is 4.79 Å². The molecule has 2 heterocycles. The highest BCUT2D eigenvalue weighted by molar-refractivity contribution is 5.51. The summed E-state index contributed by atoms with van der Waals surface area (Å²) in [6.45, 7) is 2.44. The van der Waals surface area contributed by atoms with Crippen molar-refractivity contribution in [1.29, 1.82) is 0 Å². The van der Waals surface area contributed by atoms with Gasteiger partial charge in [0.15, 0.2) is 0 Å². The number of aliphatic hydroxyl groups is 1. The summed E-state index contributed by atoms with van der Waals surface area (Å²) >= 11 is 0. The van der Waals surface area contributed by atoms with Gasteiger partial charge < -0.3 is 19.6 Å². The van der Waals surface area contributed by atoms with Gasteiger partial charge in [-0.3, -0.25) is 9.78 Å². The van der Waals surface area contributed by atoms with Crippen molar-refractivity contribution in [2.45, 2.75) is 63.5 Å². The number of ether oxygens (including phenoxy) is 1. The third-order valence-corrected chi connectivity index (χ3v) is 6.95. The van der Waals surface area contributed by atoms with Crippen LogP contribution in [0.5, 0.6) is 11.5 Å². The second kappa shape index (κ2) is 11.5. The van der Waals surface area contributed by atoms with Crippen LogP contribution < -0.4 is 9.64 Å². The van der Waals surface area contributed by atoms with Crippen molar-refractivity contribution in [2.75, 3.05) is 24.5 Å². The smallest absolute Gasteiger partial charge is 0.209 e. The molecule has 1 aromatic heterocycles. The fraction of sp³-hybridized carbons (Fsp3) is 0.538. The van der Waals surface area contributed by atoms with Crippen LogP contribution in [-0.4, -0.2) is 53.2 Å². The van der Waals surface area contributed by atoms with E-state index in [1.54, 1.807) is 36.7 Å². The van der Waals surface area contributed by atoms with Crippen molar-refractivity contribution < 1.29 is 19.0 Å². The molecule has 2 aliphatic rings. The molecule has 2 aromatic rings. The van der Waals surface area contributed by atoms with E-state index < -0.39 is 0 Å². The lowest BCUT2D eigenvalue weighted by Crippen LogP contribution is -2.39. The van der Waals surface area contributed by atoms with E-state index in [1.165, 1.54) is 6.07 Å². The average molecular weight is 456 g/mol. The van der Waals surface area contributed by atoms with Crippen molar-refractivity contribution in [3.8, 4) is 11.5 Å². The van der Waals surface area contributed by atoms with Gasteiger partial charge in [0, 0.05) is 37.9 Å². The Balaban J connectivity index is 1.28. The van der Waals surface area contributed by atoms with Gasteiger partial charge >= 0.3 is 0 Å². The lowest BCUT2D eigenvalue weighted by atomic mass is 9.91. The molecule has 1 aliphatic carbocycles. The maximum Gasteiger partial charge on any atom is 0.209 e. The number of nitrogens with zero attached hydrogens (tertiary/aromatic N) is 3. The molecule has 33 heavy (non-hydrogen) atoms. The number of carbonyl (C=O) groups excluding carboxylic acids is 1. The van der Waals surface area contributed by atoms with E-state index >= 15 is 0 Å². The number of rotatable bonds is 9. The van der Waals surface area contributed by atoms with Crippen LogP contribution >= 0.6 is 0 Å². The Morgan fingerprint density at radius 3 is 2.76 bits per heavy atom. The molecule has 1 unspecified atom stereocenters. The normalized spacial score (nSPS) is 23.2. The van der Waals surface area contributed by atoms with Gasteiger partial charge in [-0.1, -0.05) is 0 Å². The van der Waals surface area contributed by atoms with Crippen LogP contribution in [0.4, 0.5) is 10.1 Å². The van der Waals surface area contributed by atoms with Gasteiger partial charge in [0.2, 0.25) is 6.41 Å². The number of pyridine rings is 1. The predicted octanol–water partition coefficient (Wildman–Crippen LogP) is 4.77. The number of anilines is 1. The third kappa shape index (κ3) is 6.44. The predicted molar refractivity (Wildman–Crippen MR) is 126 cm³/mol. The van der Waals surface area contributed by atoms with Crippen molar-refractivity contribution in [3.05, 3.63) is 48.5 Å². The Kier molecular flexibility index (Phi) is 8.15. The van der Waals surface area contributed by atoms with E-state index in [0.717, 1.165) is 77.4 Å². The molecular weight excluding hydrogens is 421 g/mol. The highest BCUT2D eigenvalue weighted by Gasteiger charge is 2.25. The van der Waals surface area contributed by atoms with Gasteiger partial charge in [0.05, 0.1) is 18.0 Å². The molecule has 2 fully saturated rings. The van der Waals surface area contributed by atoms with E-state index in [4.69, 9.17) is 4.74 Å². The minimum absolute atomic E-state index is 0.209. The van der Waals surface area contributed by atoms with Gasteiger partial charge in [-0.05, 0) is 81.5 Å². The molecule has 1 aromatic carbocycles. The average Bonchev–Trinajstić information content (AvgIpc) is 2.84. The summed E-state index contributed by atoms with van der Waals surface area (Å²) in [6, 6.07) is 8.87. The number of aromatic nitrogens is 1. The maximum atomic E-state index is 14.9. The van der Waals surface area contributed by atoms with E-state index in [0.29, 0.717) is 23.1 Å². The SMILES string of the molecule is O=CN(CCCC1CCCN(c2ccc(Oc3cccnc3)cc2F)C1)C1CCC(O)CC1. The van der Waals surface area contributed by atoms with Crippen molar-refractivity contribution in [3.63, 3.8) is 0 Å². The Labute approximate surface area is 195 Å². The quantitative estimate of drug-likeness (QED) is 0.552. The Morgan fingerprint density at radius 1 is 1.18 bits per heavy atom. The molecule has 0 radical (unpaired) electrons. The molecular formula is C26H34FN3O3. The Morgan fingerprint density at radius 2 is 2.03 bits per heavy atom. The first-order chi connectivity index (χ1) is 16.1. The van der Waals surface area contributed by atoms with Crippen LogP contribution in [0.15, 0.2) is 42.7 Å². The highest BCUT2D eigenvalue weighted by atomic mass is 19.1. The zero-order valence-corrected chi connectivity index (χ0v) is 19.1. The van der Waals surface area contributed by atoms with Gasteiger partial charge in [-0.25, -0.2) is 4.39 Å². The fourth-order valence-corrected chi connectivity index (χ4v) is 5.14. The van der Waals surface area contributed by atoms with E-state index in [-0.39, 0.29) is 18.0 Å². The number of carbonyl (C=O) groups is 1. The summed E-state index contributed by atoms with van der Waals surface area (Å²) in [4.78, 5) is 19.7.